The van der Waals surface area contributed by atoms with Crippen molar-refractivity contribution in [1.29, 1.82) is 0 Å². The molecule has 4 rings (SSSR count). The Labute approximate surface area is 184 Å². The first-order chi connectivity index (χ1) is 14.9. The number of hydrogen-bond donors (Lipinski definition) is 1. The summed E-state index contributed by atoms with van der Waals surface area (Å²) >= 11 is 6.09. The molecule has 160 valence electrons. The van der Waals surface area contributed by atoms with E-state index in [1.807, 2.05) is 4.90 Å². The fraction of sp³-hybridized carbons (Fsp3) is 0.261. The van der Waals surface area contributed by atoms with Gasteiger partial charge in [-0.3, -0.25) is 14.4 Å². The quantitative estimate of drug-likeness (QED) is 0.724. The highest BCUT2D eigenvalue weighted by molar-refractivity contribution is 6.53. The molecule has 0 unspecified atom stereocenters. The molecule has 6 nitrogen and oxygen atoms in total. The Hall–Kier alpha value is -3.19. The van der Waals surface area contributed by atoms with Gasteiger partial charge in [0.1, 0.15) is 16.5 Å². The van der Waals surface area contributed by atoms with E-state index in [0.29, 0.717) is 22.1 Å². The molecule has 2 aliphatic heterocycles. The minimum Gasteiger partial charge on any atom is -0.350 e. The monoisotopic (exact) mass is 441 g/mol. The number of rotatable bonds is 4. The normalized spacial score (nSPS) is 17.5. The van der Waals surface area contributed by atoms with Crippen LogP contribution in [0.15, 0.2) is 59.3 Å². The number of hydrogen-bond acceptors (Lipinski definition) is 4. The second-order valence-electron chi connectivity index (χ2n) is 7.76. The molecule has 2 aromatic rings. The number of imide groups is 1. The smallest absolute Gasteiger partial charge is 0.283 e. The molecule has 2 heterocycles. The van der Waals surface area contributed by atoms with E-state index in [-0.39, 0.29) is 22.3 Å². The van der Waals surface area contributed by atoms with Crippen LogP contribution in [0.4, 0.5) is 15.8 Å². The number of carbonyl (C=O) groups is 3. The molecule has 0 bridgehead atoms. The van der Waals surface area contributed by atoms with Gasteiger partial charge in [0, 0.05) is 24.3 Å². The lowest BCUT2D eigenvalue weighted by Gasteiger charge is -2.30. The Morgan fingerprint density at radius 3 is 2.32 bits per heavy atom. The maximum atomic E-state index is 14.1. The predicted octanol–water partition coefficient (Wildman–Crippen LogP) is 4.13. The van der Waals surface area contributed by atoms with Crippen LogP contribution in [0, 0.1) is 11.7 Å². The third-order valence-corrected chi connectivity index (χ3v) is 5.94. The number of carbonyl (C=O) groups excluding carboxylic acids is 3. The number of halogens is 2. The fourth-order valence-electron chi connectivity index (χ4n) is 3.70. The van der Waals surface area contributed by atoms with Crippen molar-refractivity contribution in [3.63, 3.8) is 0 Å². The largest absolute Gasteiger partial charge is 0.350 e. The lowest BCUT2D eigenvalue weighted by molar-refractivity contribution is -0.120. The highest BCUT2D eigenvalue weighted by Gasteiger charge is 2.40. The zero-order chi connectivity index (χ0) is 22.1. The second kappa shape index (κ2) is 8.51. The topological polar surface area (TPSA) is 69.7 Å². The van der Waals surface area contributed by atoms with Crippen LogP contribution < -0.4 is 10.2 Å². The van der Waals surface area contributed by atoms with Crippen molar-refractivity contribution in [3.05, 3.63) is 70.6 Å². The van der Waals surface area contributed by atoms with Gasteiger partial charge in [-0.2, -0.15) is 0 Å². The molecule has 0 saturated carbocycles. The number of benzene rings is 2. The summed E-state index contributed by atoms with van der Waals surface area (Å²) < 4.78 is 14.1. The average molecular weight is 442 g/mol. The molecule has 1 fully saturated rings. The minimum absolute atomic E-state index is 0.0338. The van der Waals surface area contributed by atoms with Crippen LogP contribution >= 0.6 is 11.6 Å². The third-order valence-electron chi connectivity index (χ3n) is 5.59. The summed E-state index contributed by atoms with van der Waals surface area (Å²) in [6, 6.07) is 12.1. The van der Waals surface area contributed by atoms with Crippen molar-refractivity contribution >= 4 is 40.7 Å². The van der Waals surface area contributed by atoms with Gasteiger partial charge < -0.3 is 10.2 Å². The van der Waals surface area contributed by atoms with E-state index in [2.05, 4.69) is 12.2 Å². The Bertz CT molecular complexity index is 1080. The van der Waals surface area contributed by atoms with Crippen molar-refractivity contribution in [2.24, 2.45) is 5.92 Å². The van der Waals surface area contributed by atoms with Crippen LogP contribution in [0.5, 0.6) is 0 Å². The zero-order valence-electron chi connectivity index (χ0n) is 16.9. The molecule has 31 heavy (non-hydrogen) atoms. The third kappa shape index (κ3) is 4.05. The number of amides is 3. The minimum atomic E-state index is -0.801. The van der Waals surface area contributed by atoms with Crippen LogP contribution in [0.1, 0.15) is 30.1 Å². The van der Waals surface area contributed by atoms with Crippen molar-refractivity contribution in [1.82, 2.24) is 4.90 Å². The number of nitrogens with one attached hydrogen (secondary N) is 1. The van der Waals surface area contributed by atoms with Crippen LogP contribution in [0.2, 0.25) is 0 Å². The van der Waals surface area contributed by atoms with E-state index in [4.69, 9.17) is 11.6 Å². The molecule has 0 aliphatic carbocycles. The number of para-hydroxylation sites is 1. The molecule has 0 aromatic heterocycles. The van der Waals surface area contributed by atoms with E-state index >= 15 is 0 Å². The molecule has 0 spiro atoms. The highest BCUT2D eigenvalue weighted by Crippen LogP contribution is 2.31. The maximum Gasteiger partial charge on any atom is 0.283 e. The van der Waals surface area contributed by atoms with Gasteiger partial charge >= 0.3 is 0 Å². The number of piperidine rings is 1. The van der Waals surface area contributed by atoms with Gasteiger partial charge in [0.15, 0.2) is 0 Å². The standard InChI is InChI=1S/C23H21ClFN3O3/c1-14-10-12-27(13-11-14)21(29)15-6-8-16(9-7-15)26-20-19(24)22(30)28(23(20)31)18-5-3-2-4-17(18)25/h2-9,14,26H,10-13H2,1H3. The SMILES string of the molecule is CC1CCN(C(=O)c2ccc(NC3=C(Cl)C(=O)N(c4ccccc4F)C3=O)cc2)CC1. The van der Waals surface area contributed by atoms with Crippen molar-refractivity contribution in [3.8, 4) is 0 Å². The molecule has 8 heteroatoms. The van der Waals surface area contributed by atoms with Crippen LogP contribution in [0.3, 0.4) is 0 Å². The molecule has 2 aliphatic rings. The van der Waals surface area contributed by atoms with E-state index in [1.54, 1.807) is 24.3 Å². The van der Waals surface area contributed by atoms with Crippen LogP contribution in [-0.2, 0) is 9.59 Å². The van der Waals surface area contributed by atoms with E-state index < -0.39 is 17.6 Å². The summed E-state index contributed by atoms with van der Waals surface area (Å²) in [5.74, 6) is -1.66. The van der Waals surface area contributed by atoms with Gasteiger partial charge in [0.05, 0.1) is 5.69 Å². The van der Waals surface area contributed by atoms with E-state index in [0.717, 1.165) is 32.0 Å². The second-order valence-corrected chi connectivity index (χ2v) is 8.14. The summed E-state index contributed by atoms with van der Waals surface area (Å²) in [6.45, 7) is 3.67. The average Bonchev–Trinajstić information content (AvgIpc) is 2.98. The highest BCUT2D eigenvalue weighted by atomic mass is 35.5. The van der Waals surface area contributed by atoms with Gasteiger partial charge in [-0.25, -0.2) is 9.29 Å². The van der Waals surface area contributed by atoms with Crippen molar-refractivity contribution < 1.29 is 18.8 Å². The Kier molecular flexibility index (Phi) is 5.78. The van der Waals surface area contributed by atoms with Gasteiger partial charge in [-0.15, -0.1) is 0 Å². The summed E-state index contributed by atoms with van der Waals surface area (Å²) in [4.78, 5) is 40.5. The van der Waals surface area contributed by atoms with Crippen LogP contribution in [-0.4, -0.2) is 35.7 Å². The number of nitrogens with zero attached hydrogens (tertiary/aromatic N) is 2. The van der Waals surface area contributed by atoms with E-state index in [1.165, 1.54) is 18.2 Å². The van der Waals surface area contributed by atoms with E-state index in [9.17, 15) is 18.8 Å². The Morgan fingerprint density at radius 1 is 1.03 bits per heavy atom. The van der Waals surface area contributed by atoms with Crippen molar-refractivity contribution in [2.75, 3.05) is 23.3 Å². The summed E-state index contributed by atoms with van der Waals surface area (Å²) in [7, 11) is 0. The first-order valence-electron chi connectivity index (χ1n) is 10.1. The Morgan fingerprint density at radius 2 is 1.68 bits per heavy atom. The zero-order valence-corrected chi connectivity index (χ0v) is 17.7. The molecule has 0 radical (unpaired) electrons. The molecule has 1 N–H and O–H groups in total. The first kappa shape index (κ1) is 21.1. The summed E-state index contributed by atoms with van der Waals surface area (Å²) in [6.07, 6.45) is 1.99. The molecule has 0 atom stereocenters. The van der Waals surface area contributed by atoms with Crippen LogP contribution in [0.25, 0.3) is 0 Å². The molecular weight excluding hydrogens is 421 g/mol. The van der Waals surface area contributed by atoms with Gasteiger partial charge in [0.2, 0.25) is 0 Å². The lowest BCUT2D eigenvalue weighted by Crippen LogP contribution is -2.37. The first-order valence-corrected chi connectivity index (χ1v) is 10.4. The molecule has 1 saturated heterocycles. The predicted molar refractivity (Wildman–Crippen MR) is 116 cm³/mol. The Balaban J connectivity index is 1.49. The molecule has 3 amide bonds. The number of anilines is 2. The lowest BCUT2D eigenvalue weighted by atomic mass is 9.98. The fourth-order valence-corrected chi connectivity index (χ4v) is 3.91. The summed E-state index contributed by atoms with van der Waals surface area (Å²) in [5, 5.41) is 2.51. The summed E-state index contributed by atoms with van der Waals surface area (Å²) in [5.41, 5.74) is 0.721. The van der Waals surface area contributed by atoms with Gasteiger partial charge in [0.25, 0.3) is 17.7 Å². The van der Waals surface area contributed by atoms with Gasteiger partial charge in [-0.05, 0) is 55.2 Å². The molecule has 2 aromatic carbocycles. The maximum absolute atomic E-state index is 14.1. The van der Waals surface area contributed by atoms with Gasteiger partial charge in [-0.1, -0.05) is 30.7 Å². The number of likely N-dealkylation sites (tertiary alicyclic amines) is 1. The molecular formula is C23H21ClFN3O3. The van der Waals surface area contributed by atoms with Crippen molar-refractivity contribution in [2.45, 2.75) is 19.8 Å².